The average Bonchev–Trinajstić information content (AvgIpc) is 3.67. The molecule has 1 fully saturated rings. The van der Waals surface area contributed by atoms with Crippen LogP contribution in [0.4, 0.5) is 0 Å². The van der Waals surface area contributed by atoms with Gasteiger partial charge in [0.05, 0.1) is 12.0 Å². The lowest BCUT2D eigenvalue weighted by Crippen LogP contribution is -2.49. The van der Waals surface area contributed by atoms with E-state index >= 15 is 0 Å². The Morgan fingerprint density at radius 1 is 0.673 bits per heavy atom. The normalized spacial score (nSPS) is 19.3. The molecule has 8 rings (SSSR count). The Morgan fingerprint density at radius 2 is 1.20 bits per heavy atom. The van der Waals surface area contributed by atoms with Crippen LogP contribution in [0.25, 0.3) is 27.2 Å². The number of rotatable bonds is 9. The van der Waals surface area contributed by atoms with E-state index in [-0.39, 0.29) is 29.7 Å². The summed E-state index contributed by atoms with van der Waals surface area (Å²) in [6, 6.07) is 21.1. The second-order valence-corrected chi connectivity index (χ2v) is 13.5. The Balaban J connectivity index is 0.905. The summed E-state index contributed by atoms with van der Waals surface area (Å²) in [4.78, 5) is 65.7. The number of imidazole rings is 1. The summed E-state index contributed by atoms with van der Waals surface area (Å²) < 4.78 is 1.89. The number of nitrogens with zero attached hydrogens (tertiary/aromatic N) is 6. The monoisotopic (exact) mass is 654 g/mol. The van der Waals surface area contributed by atoms with Gasteiger partial charge in [-0.1, -0.05) is 42.8 Å². The molecule has 4 aromatic carbocycles. The van der Waals surface area contributed by atoms with Crippen LogP contribution in [0.2, 0.25) is 0 Å². The molecule has 5 aromatic rings. The minimum absolute atomic E-state index is 0.233. The zero-order valence-corrected chi connectivity index (χ0v) is 27.7. The van der Waals surface area contributed by atoms with E-state index in [0.29, 0.717) is 59.9 Å². The van der Waals surface area contributed by atoms with Crippen LogP contribution in [-0.2, 0) is 0 Å². The van der Waals surface area contributed by atoms with Gasteiger partial charge in [-0.15, -0.1) is 0 Å². The number of hydrogen-bond acceptors (Lipinski definition) is 7. The van der Waals surface area contributed by atoms with Crippen LogP contribution in [0.5, 0.6) is 0 Å². The first kappa shape index (κ1) is 31.1. The highest BCUT2D eigenvalue weighted by Crippen LogP contribution is 2.34. The van der Waals surface area contributed by atoms with Gasteiger partial charge in [0, 0.05) is 89.1 Å². The van der Waals surface area contributed by atoms with Crippen LogP contribution in [-0.4, -0.2) is 105 Å². The predicted molar refractivity (Wildman–Crippen MR) is 187 cm³/mol. The Hall–Kier alpha value is -5.19. The zero-order valence-electron chi connectivity index (χ0n) is 27.7. The first-order valence-corrected chi connectivity index (χ1v) is 17.0. The fourth-order valence-corrected chi connectivity index (χ4v) is 8.06. The lowest BCUT2D eigenvalue weighted by molar-refractivity contribution is 0.0557. The number of imide groups is 2. The van der Waals surface area contributed by atoms with Crippen LogP contribution in [0.15, 0.2) is 85.5 Å². The number of benzene rings is 4. The third-order valence-corrected chi connectivity index (χ3v) is 10.8. The highest BCUT2D eigenvalue weighted by molar-refractivity contribution is 6.27. The molecule has 0 N–H and O–H groups in total. The van der Waals surface area contributed by atoms with Gasteiger partial charge in [-0.2, -0.15) is 0 Å². The van der Waals surface area contributed by atoms with Gasteiger partial charge in [-0.05, 0) is 69.1 Å². The van der Waals surface area contributed by atoms with Crippen molar-refractivity contribution in [3.63, 3.8) is 0 Å². The van der Waals surface area contributed by atoms with Gasteiger partial charge in [0.1, 0.15) is 0 Å². The maximum absolute atomic E-state index is 13.7. The van der Waals surface area contributed by atoms with Gasteiger partial charge in [-0.3, -0.25) is 29.0 Å². The molecule has 0 radical (unpaired) electrons. The average molecular weight is 655 g/mol. The van der Waals surface area contributed by atoms with Gasteiger partial charge in [-0.25, -0.2) is 4.98 Å². The van der Waals surface area contributed by atoms with Crippen molar-refractivity contribution in [2.75, 3.05) is 40.3 Å². The number of aromatic nitrogens is 2. The van der Waals surface area contributed by atoms with Crippen molar-refractivity contribution in [2.45, 2.75) is 37.8 Å². The summed E-state index contributed by atoms with van der Waals surface area (Å²) in [5, 5.41) is 3.19. The first-order valence-electron chi connectivity index (χ1n) is 17.0. The van der Waals surface area contributed by atoms with Crippen LogP contribution < -0.4 is 0 Å². The molecule has 1 aromatic heterocycles. The Kier molecular flexibility index (Phi) is 7.85. The molecule has 10 heteroatoms. The molecule has 2 atom stereocenters. The van der Waals surface area contributed by atoms with Crippen LogP contribution in [0, 0.1) is 0 Å². The minimum atomic E-state index is -0.263. The van der Waals surface area contributed by atoms with Gasteiger partial charge in [0.2, 0.25) is 0 Å². The van der Waals surface area contributed by atoms with E-state index in [1.807, 2.05) is 71.4 Å². The largest absolute Gasteiger partial charge is 0.306 e. The molecular weight excluding hydrogens is 616 g/mol. The SMILES string of the molecule is CN(CCN1C(=O)c2cccc3cccc(c23)C1=O)C1CCCC(N(C)CCN2C(=O)c3cccc4c(-n5ccnc5)ccc(c34)C2=O)C1. The van der Waals surface area contributed by atoms with Crippen molar-refractivity contribution in [3.05, 3.63) is 108 Å². The molecule has 49 heavy (non-hydrogen) atoms. The maximum atomic E-state index is 13.7. The molecule has 10 nitrogen and oxygen atoms in total. The molecule has 3 heterocycles. The summed E-state index contributed by atoms with van der Waals surface area (Å²) in [7, 11) is 4.14. The van der Waals surface area contributed by atoms with E-state index < -0.39 is 0 Å². The number of hydrogen-bond donors (Lipinski definition) is 0. The summed E-state index contributed by atoms with van der Waals surface area (Å²) in [6.07, 6.45) is 9.32. The Bertz CT molecular complexity index is 2070. The van der Waals surface area contributed by atoms with Gasteiger partial charge < -0.3 is 14.4 Å². The van der Waals surface area contributed by atoms with Gasteiger partial charge in [0.25, 0.3) is 23.6 Å². The molecule has 0 bridgehead atoms. The zero-order chi connectivity index (χ0) is 33.8. The van der Waals surface area contributed by atoms with Crippen LogP contribution >= 0.6 is 0 Å². The number of carbonyl (C=O) groups excluding carboxylic acids is 4. The van der Waals surface area contributed by atoms with Crippen molar-refractivity contribution in [2.24, 2.45) is 0 Å². The van der Waals surface area contributed by atoms with Crippen molar-refractivity contribution in [1.82, 2.24) is 29.2 Å². The lowest BCUT2D eigenvalue weighted by atomic mass is 9.89. The lowest BCUT2D eigenvalue weighted by Gasteiger charge is -2.40. The van der Waals surface area contributed by atoms with E-state index in [1.165, 1.54) is 9.80 Å². The fourth-order valence-electron chi connectivity index (χ4n) is 8.06. The van der Waals surface area contributed by atoms with Gasteiger partial charge in [0.15, 0.2) is 0 Å². The molecule has 0 spiro atoms. The third kappa shape index (κ3) is 5.23. The third-order valence-electron chi connectivity index (χ3n) is 10.8. The number of amides is 4. The van der Waals surface area contributed by atoms with Crippen molar-refractivity contribution < 1.29 is 19.2 Å². The quantitative estimate of drug-likeness (QED) is 0.201. The van der Waals surface area contributed by atoms with Gasteiger partial charge >= 0.3 is 0 Å². The molecule has 0 saturated heterocycles. The summed E-state index contributed by atoms with van der Waals surface area (Å²) in [5.41, 5.74) is 3.13. The molecule has 3 aliphatic rings. The molecular formula is C39H38N6O4. The Labute approximate surface area is 284 Å². The molecule has 4 amide bonds. The predicted octanol–water partition coefficient (Wildman–Crippen LogP) is 5.25. The van der Waals surface area contributed by atoms with E-state index in [4.69, 9.17) is 0 Å². The second-order valence-electron chi connectivity index (χ2n) is 13.5. The standard InChI is InChI=1S/C39H38N6O4/c1-41(19-21-44-36(46)29-12-3-7-25-8-4-13-30(34(25)29)37(44)47)26-9-5-10-27(23-26)42(2)20-22-45-38(48)31-14-6-11-28-33(43-18-17-40-24-43)16-15-32(35(28)31)39(45)49/h3-4,6-8,11-18,24,26-27H,5,9-10,19-23H2,1-2H3. The summed E-state index contributed by atoms with van der Waals surface area (Å²) in [6.45, 7) is 1.78. The van der Waals surface area contributed by atoms with E-state index in [0.717, 1.165) is 47.5 Å². The Morgan fingerprint density at radius 3 is 1.76 bits per heavy atom. The van der Waals surface area contributed by atoms with Crippen molar-refractivity contribution in [1.29, 1.82) is 0 Å². The van der Waals surface area contributed by atoms with Crippen molar-refractivity contribution in [3.8, 4) is 5.69 Å². The minimum Gasteiger partial charge on any atom is -0.306 e. The van der Waals surface area contributed by atoms with E-state index in [1.54, 1.807) is 18.6 Å². The topological polar surface area (TPSA) is 99.1 Å². The molecule has 1 saturated carbocycles. The number of likely N-dealkylation sites (N-methyl/N-ethyl adjacent to an activating group) is 2. The summed E-state index contributed by atoms with van der Waals surface area (Å²) >= 11 is 0. The van der Waals surface area contributed by atoms with Crippen LogP contribution in [0.1, 0.15) is 67.1 Å². The van der Waals surface area contributed by atoms with E-state index in [9.17, 15) is 19.2 Å². The van der Waals surface area contributed by atoms with Crippen LogP contribution in [0.3, 0.4) is 0 Å². The smallest absolute Gasteiger partial charge is 0.261 e. The first-order chi connectivity index (χ1) is 23.8. The second kappa shape index (κ2) is 12.4. The highest BCUT2D eigenvalue weighted by atomic mass is 16.2. The highest BCUT2D eigenvalue weighted by Gasteiger charge is 2.36. The van der Waals surface area contributed by atoms with E-state index in [2.05, 4.69) is 28.9 Å². The summed E-state index contributed by atoms with van der Waals surface area (Å²) in [5.74, 6) is -0.992. The fraction of sp³-hybridized carbons (Fsp3) is 0.308. The molecule has 248 valence electrons. The molecule has 2 unspecified atom stereocenters. The number of carbonyl (C=O) groups is 4. The maximum Gasteiger partial charge on any atom is 0.261 e. The molecule has 2 aliphatic heterocycles. The molecule has 1 aliphatic carbocycles. The van der Waals surface area contributed by atoms with Crippen molar-refractivity contribution >= 4 is 45.2 Å².